The second-order valence-corrected chi connectivity index (χ2v) is 9.25. The molecule has 1 fully saturated rings. The molecule has 6 rings (SSSR count). The average molecular weight is 491 g/mol. The van der Waals surface area contributed by atoms with Gasteiger partial charge in [-0.05, 0) is 66.8 Å². The van der Waals surface area contributed by atoms with Crippen LogP contribution in [-0.4, -0.2) is 32.3 Å². The number of amides is 1. The molecule has 1 saturated carbocycles. The molecule has 0 aliphatic heterocycles. The Morgan fingerprint density at radius 1 is 1.19 bits per heavy atom. The van der Waals surface area contributed by atoms with Gasteiger partial charge in [0.25, 0.3) is 0 Å². The summed E-state index contributed by atoms with van der Waals surface area (Å²) in [5.41, 5.74) is 9.12. The number of rotatable bonds is 8. The zero-order chi connectivity index (χ0) is 25.4. The number of hydrogen-bond acceptors (Lipinski definition) is 5. The van der Waals surface area contributed by atoms with Crippen molar-refractivity contribution in [3.63, 3.8) is 0 Å². The lowest BCUT2D eigenvalue weighted by atomic mass is 9.98. The summed E-state index contributed by atoms with van der Waals surface area (Å²) in [6, 6.07) is 12.1. The molecule has 184 valence electrons. The van der Waals surface area contributed by atoms with Gasteiger partial charge in [0.1, 0.15) is 5.69 Å². The number of furan rings is 1. The summed E-state index contributed by atoms with van der Waals surface area (Å²) >= 11 is 0. The molecular formula is C29H26N6O2. The molecule has 37 heavy (non-hydrogen) atoms. The Labute approximate surface area is 213 Å². The van der Waals surface area contributed by atoms with Crippen molar-refractivity contribution in [2.45, 2.75) is 26.2 Å². The molecule has 4 aromatic heterocycles. The highest BCUT2D eigenvalue weighted by atomic mass is 16.3. The monoisotopic (exact) mass is 490 g/mol. The molecule has 0 radical (unpaired) electrons. The van der Waals surface area contributed by atoms with Crippen molar-refractivity contribution in [2.75, 3.05) is 5.32 Å². The number of nitrogens with zero attached hydrogens (tertiary/aromatic N) is 2. The zero-order valence-corrected chi connectivity index (χ0v) is 20.3. The van der Waals surface area contributed by atoms with Crippen LogP contribution in [0.2, 0.25) is 0 Å². The topological polar surface area (TPSA) is 123 Å². The maximum atomic E-state index is 12.2. The minimum absolute atomic E-state index is 0.0626. The van der Waals surface area contributed by atoms with Gasteiger partial charge in [-0.25, -0.2) is 0 Å². The lowest BCUT2D eigenvalue weighted by Crippen LogP contribution is -2.13. The van der Waals surface area contributed by atoms with Crippen LogP contribution in [-0.2, 0) is 11.2 Å². The number of pyridine rings is 1. The predicted molar refractivity (Wildman–Crippen MR) is 144 cm³/mol. The number of anilines is 1. The summed E-state index contributed by atoms with van der Waals surface area (Å²) in [4.78, 5) is 20.1. The third-order valence-electron chi connectivity index (χ3n) is 6.73. The van der Waals surface area contributed by atoms with Crippen LogP contribution in [0, 0.1) is 11.3 Å². The van der Waals surface area contributed by atoms with Crippen LogP contribution in [0.1, 0.15) is 36.6 Å². The number of aromatic amines is 2. The fourth-order valence-corrected chi connectivity index (χ4v) is 4.64. The number of fused-ring (bicyclic) bond motifs is 1. The number of allylic oxidation sites excluding steroid dienone is 1. The molecule has 1 aromatic carbocycles. The molecule has 5 aromatic rings. The fraction of sp³-hybridized carbons (Fsp3) is 0.172. The van der Waals surface area contributed by atoms with Gasteiger partial charge >= 0.3 is 0 Å². The van der Waals surface area contributed by atoms with E-state index in [4.69, 9.17) is 9.83 Å². The summed E-state index contributed by atoms with van der Waals surface area (Å²) < 4.78 is 5.30. The van der Waals surface area contributed by atoms with Crippen LogP contribution in [0.15, 0.2) is 71.8 Å². The Balaban J connectivity index is 1.38. The fourth-order valence-electron chi connectivity index (χ4n) is 4.64. The highest BCUT2D eigenvalue weighted by molar-refractivity contribution is 5.98. The van der Waals surface area contributed by atoms with Gasteiger partial charge in [-0.15, -0.1) is 0 Å². The first kappa shape index (κ1) is 22.7. The Morgan fingerprint density at radius 2 is 2.08 bits per heavy atom. The van der Waals surface area contributed by atoms with Crippen molar-refractivity contribution < 1.29 is 9.21 Å². The SMILES string of the molecule is CCc1[nH]c(-c2n[nH]c3ccc(-c4cncc(NC(=O)C5CC5)c4)cc23)cc1/C(=C\C=N)c1ccoc1. The summed E-state index contributed by atoms with van der Waals surface area (Å²) in [6.45, 7) is 2.10. The lowest BCUT2D eigenvalue weighted by Gasteiger charge is -2.07. The van der Waals surface area contributed by atoms with Crippen LogP contribution in [0.3, 0.4) is 0 Å². The Morgan fingerprint density at radius 3 is 2.84 bits per heavy atom. The molecule has 0 saturated heterocycles. The van der Waals surface area contributed by atoms with Crippen molar-refractivity contribution in [2.24, 2.45) is 5.92 Å². The van der Waals surface area contributed by atoms with E-state index in [9.17, 15) is 4.79 Å². The maximum absolute atomic E-state index is 12.2. The van der Waals surface area contributed by atoms with Gasteiger partial charge in [0.05, 0.1) is 35.6 Å². The van der Waals surface area contributed by atoms with Crippen LogP contribution < -0.4 is 5.32 Å². The van der Waals surface area contributed by atoms with Gasteiger partial charge in [-0.2, -0.15) is 5.10 Å². The van der Waals surface area contributed by atoms with E-state index >= 15 is 0 Å². The number of hydrogen-bond donors (Lipinski definition) is 4. The Bertz CT molecular complexity index is 1640. The first-order valence-electron chi connectivity index (χ1n) is 12.3. The summed E-state index contributed by atoms with van der Waals surface area (Å²) in [5, 5.41) is 19.4. The van der Waals surface area contributed by atoms with Crippen molar-refractivity contribution in [3.8, 4) is 22.5 Å². The van der Waals surface area contributed by atoms with Crippen molar-refractivity contribution in [1.82, 2.24) is 20.2 Å². The number of aromatic nitrogens is 4. The normalized spacial score (nSPS) is 13.7. The average Bonchev–Trinajstić information content (AvgIpc) is 3.28. The number of H-pyrrole nitrogens is 2. The number of carbonyl (C=O) groups is 1. The van der Waals surface area contributed by atoms with E-state index in [1.165, 1.54) is 6.21 Å². The molecule has 8 heteroatoms. The molecule has 0 bridgehead atoms. The highest BCUT2D eigenvalue weighted by Crippen LogP contribution is 2.35. The summed E-state index contributed by atoms with van der Waals surface area (Å²) in [5.74, 6) is 0.197. The first-order chi connectivity index (χ1) is 18.1. The minimum Gasteiger partial charge on any atom is -0.472 e. The first-order valence-corrected chi connectivity index (χ1v) is 12.3. The second-order valence-electron chi connectivity index (χ2n) is 9.25. The quantitative estimate of drug-likeness (QED) is 0.193. The molecule has 8 nitrogen and oxygen atoms in total. The Hall–Kier alpha value is -4.72. The third kappa shape index (κ3) is 4.38. The van der Waals surface area contributed by atoms with Gasteiger partial charge < -0.3 is 20.1 Å². The van der Waals surface area contributed by atoms with Crippen molar-refractivity contribution >= 4 is 34.3 Å². The third-order valence-corrected chi connectivity index (χ3v) is 6.73. The van der Waals surface area contributed by atoms with Crippen LogP contribution in [0.25, 0.3) is 39.0 Å². The molecule has 0 unspecified atom stereocenters. The number of nitrogens with one attached hydrogen (secondary N) is 4. The Kier molecular flexibility index (Phi) is 5.76. The largest absolute Gasteiger partial charge is 0.472 e. The highest BCUT2D eigenvalue weighted by Gasteiger charge is 2.29. The molecule has 0 atom stereocenters. The number of carbonyl (C=O) groups excluding carboxylic acids is 1. The molecule has 4 N–H and O–H groups in total. The standard InChI is InChI=1S/C29H26N6O2/c1-2-25-23(22(7-9-30)19-8-10-37-16-19)13-27(33-25)28-24-12-18(5-6-26(24)34-35-28)20-11-21(15-31-14-20)32-29(36)17-3-4-17/h5-17,30,33H,2-4H2,1H3,(H,32,36)(H,34,35)/b22-7-,30-9?. The number of benzene rings is 1. The van der Waals surface area contributed by atoms with E-state index in [0.717, 1.165) is 75.1 Å². The van der Waals surface area contributed by atoms with Gasteiger partial charge in [0.15, 0.2) is 0 Å². The molecule has 0 spiro atoms. The molecular weight excluding hydrogens is 464 g/mol. The minimum atomic E-state index is 0.0626. The van der Waals surface area contributed by atoms with E-state index in [1.807, 2.05) is 24.3 Å². The van der Waals surface area contributed by atoms with Crippen LogP contribution in [0.4, 0.5) is 5.69 Å². The molecule has 1 aliphatic carbocycles. The second kappa shape index (κ2) is 9.39. The van der Waals surface area contributed by atoms with E-state index in [2.05, 4.69) is 44.5 Å². The molecule has 4 heterocycles. The maximum Gasteiger partial charge on any atom is 0.227 e. The van der Waals surface area contributed by atoms with Crippen molar-refractivity contribution in [1.29, 1.82) is 5.41 Å². The van der Waals surface area contributed by atoms with Gasteiger partial charge in [0.2, 0.25) is 5.91 Å². The van der Waals surface area contributed by atoms with E-state index < -0.39 is 0 Å². The molecule has 1 aliphatic rings. The molecule has 1 amide bonds. The predicted octanol–water partition coefficient (Wildman–Crippen LogP) is 6.21. The smallest absolute Gasteiger partial charge is 0.227 e. The van der Waals surface area contributed by atoms with Crippen LogP contribution in [0.5, 0.6) is 0 Å². The number of aryl methyl sites for hydroxylation is 1. The van der Waals surface area contributed by atoms with Crippen molar-refractivity contribution in [3.05, 3.63) is 84.2 Å². The van der Waals surface area contributed by atoms with E-state index in [1.54, 1.807) is 31.0 Å². The zero-order valence-electron chi connectivity index (χ0n) is 20.3. The summed E-state index contributed by atoms with van der Waals surface area (Å²) in [7, 11) is 0. The van der Waals surface area contributed by atoms with E-state index in [0.29, 0.717) is 5.69 Å². The van der Waals surface area contributed by atoms with E-state index in [-0.39, 0.29) is 11.8 Å². The summed E-state index contributed by atoms with van der Waals surface area (Å²) in [6.07, 6.45) is 12.6. The van der Waals surface area contributed by atoms with Gasteiger partial charge in [-0.3, -0.25) is 14.9 Å². The van der Waals surface area contributed by atoms with Gasteiger partial charge in [0, 0.05) is 46.1 Å². The van der Waals surface area contributed by atoms with Gasteiger partial charge in [-0.1, -0.05) is 13.0 Å². The van der Waals surface area contributed by atoms with Crippen LogP contribution >= 0.6 is 0 Å². The lowest BCUT2D eigenvalue weighted by molar-refractivity contribution is -0.117.